The number of anilines is 1. The van der Waals surface area contributed by atoms with Crippen molar-refractivity contribution in [1.82, 2.24) is 0 Å². The number of nitrogens with two attached hydrogens (primary N) is 1. The van der Waals surface area contributed by atoms with E-state index in [0.717, 1.165) is 37.9 Å². The van der Waals surface area contributed by atoms with E-state index in [0.29, 0.717) is 5.92 Å². The van der Waals surface area contributed by atoms with Gasteiger partial charge < -0.3 is 15.7 Å². The summed E-state index contributed by atoms with van der Waals surface area (Å²) in [6, 6.07) is 7.87. The first-order valence-electron chi connectivity index (χ1n) is 7.50. The Labute approximate surface area is 120 Å². The van der Waals surface area contributed by atoms with Crippen LogP contribution in [-0.4, -0.2) is 29.6 Å². The molecule has 4 heteroatoms. The highest BCUT2D eigenvalue weighted by atomic mass is 16.3. The number of hydrogen-bond donors (Lipinski definition) is 3. The van der Waals surface area contributed by atoms with Gasteiger partial charge in [0.25, 0.3) is 0 Å². The van der Waals surface area contributed by atoms with Crippen molar-refractivity contribution in [3.8, 4) is 0 Å². The molecule has 1 saturated heterocycles. The van der Waals surface area contributed by atoms with Crippen molar-refractivity contribution < 1.29 is 5.11 Å². The van der Waals surface area contributed by atoms with Crippen LogP contribution in [0.3, 0.4) is 0 Å². The van der Waals surface area contributed by atoms with Crippen LogP contribution in [0.4, 0.5) is 5.69 Å². The molecule has 1 aromatic carbocycles. The Morgan fingerprint density at radius 3 is 2.70 bits per heavy atom. The molecule has 0 spiro atoms. The Bertz CT molecular complexity index is 499. The van der Waals surface area contributed by atoms with Gasteiger partial charge in [0, 0.05) is 30.3 Å². The zero-order valence-corrected chi connectivity index (χ0v) is 11.8. The average Bonchev–Trinajstić information content (AvgIpc) is 2.46. The number of nitrogens with one attached hydrogen (secondary N) is 1. The molecule has 2 unspecified atom stereocenters. The highest BCUT2D eigenvalue weighted by molar-refractivity contribution is 5.95. The van der Waals surface area contributed by atoms with Gasteiger partial charge >= 0.3 is 0 Å². The van der Waals surface area contributed by atoms with Crippen molar-refractivity contribution in [1.29, 1.82) is 5.41 Å². The lowest BCUT2D eigenvalue weighted by Crippen LogP contribution is -2.53. The van der Waals surface area contributed by atoms with Gasteiger partial charge in [0.15, 0.2) is 0 Å². The standard InChI is InChI=1S/C16H23N3O/c17-15(18)12-4-6-14(7-5-12)19-10-9-16(20)8-2-1-3-13(16)11-19/h4-7,13,20H,1-3,8-11H2,(H3,17,18). The van der Waals surface area contributed by atoms with Gasteiger partial charge in [-0.1, -0.05) is 12.8 Å². The number of rotatable bonds is 2. The lowest BCUT2D eigenvalue weighted by atomic mass is 9.71. The number of amidine groups is 1. The van der Waals surface area contributed by atoms with Crippen LogP contribution in [0.5, 0.6) is 0 Å². The molecule has 0 radical (unpaired) electrons. The fraction of sp³-hybridized carbons (Fsp3) is 0.562. The van der Waals surface area contributed by atoms with Crippen molar-refractivity contribution in [2.45, 2.75) is 37.7 Å². The second kappa shape index (κ2) is 5.09. The maximum atomic E-state index is 10.7. The van der Waals surface area contributed by atoms with Crippen LogP contribution in [0.15, 0.2) is 24.3 Å². The van der Waals surface area contributed by atoms with Crippen LogP contribution in [-0.2, 0) is 0 Å². The van der Waals surface area contributed by atoms with Gasteiger partial charge in [-0.3, -0.25) is 5.41 Å². The van der Waals surface area contributed by atoms with Crippen molar-refractivity contribution in [3.05, 3.63) is 29.8 Å². The number of piperidine rings is 1. The topological polar surface area (TPSA) is 73.3 Å². The SMILES string of the molecule is N=C(N)c1ccc(N2CCC3(O)CCCCC3C2)cc1. The van der Waals surface area contributed by atoms with Crippen molar-refractivity contribution in [2.24, 2.45) is 11.7 Å². The van der Waals surface area contributed by atoms with E-state index < -0.39 is 5.60 Å². The van der Waals surface area contributed by atoms with Crippen LogP contribution in [0.25, 0.3) is 0 Å². The van der Waals surface area contributed by atoms with Crippen molar-refractivity contribution in [2.75, 3.05) is 18.0 Å². The smallest absolute Gasteiger partial charge is 0.122 e. The molecule has 1 heterocycles. The Hall–Kier alpha value is -1.55. The van der Waals surface area contributed by atoms with Crippen LogP contribution < -0.4 is 10.6 Å². The second-order valence-electron chi connectivity index (χ2n) is 6.20. The van der Waals surface area contributed by atoms with E-state index >= 15 is 0 Å². The van der Waals surface area contributed by atoms with Crippen LogP contribution in [0, 0.1) is 11.3 Å². The number of aliphatic hydroxyl groups is 1. The number of benzene rings is 1. The molecule has 0 amide bonds. The summed E-state index contributed by atoms with van der Waals surface area (Å²) in [5.74, 6) is 0.509. The average molecular weight is 273 g/mol. The van der Waals surface area contributed by atoms with Gasteiger partial charge in [-0.25, -0.2) is 0 Å². The molecule has 0 bridgehead atoms. The van der Waals surface area contributed by atoms with E-state index in [4.69, 9.17) is 11.1 Å². The maximum Gasteiger partial charge on any atom is 0.122 e. The van der Waals surface area contributed by atoms with Crippen LogP contribution in [0.2, 0.25) is 0 Å². The van der Waals surface area contributed by atoms with E-state index in [2.05, 4.69) is 4.90 Å². The molecule has 1 aliphatic heterocycles. The minimum Gasteiger partial charge on any atom is -0.389 e. The largest absolute Gasteiger partial charge is 0.389 e. The number of nitrogens with zero attached hydrogens (tertiary/aromatic N) is 1. The lowest BCUT2D eigenvalue weighted by molar-refractivity contribution is -0.0612. The summed E-state index contributed by atoms with van der Waals surface area (Å²) in [4.78, 5) is 2.36. The van der Waals surface area contributed by atoms with E-state index in [1.807, 2.05) is 24.3 Å². The molecule has 2 aliphatic rings. The van der Waals surface area contributed by atoms with E-state index in [9.17, 15) is 5.11 Å². The Kier molecular flexibility index (Phi) is 3.42. The third-order valence-corrected chi connectivity index (χ3v) is 4.97. The molecule has 20 heavy (non-hydrogen) atoms. The highest BCUT2D eigenvalue weighted by Gasteiger charge is 2.42. The minimum absolute atomic E-state index is 0.108. The predicted molar refractivity (Wildman–Crippen MR) is 81.2 cm³/mol. The molecular weight excluding hydrogens is 250 g/mol. The summed E-state index contributed by atoms with van der Waals surface area (Å²) in [5.41, 5.74) is 6.99. The Balaban J connectivity index is 1.74. The van der Waals surface area contributed by atoms with Gasteiger partial charge in [-0.2, -0.15) is 0 Å². The first-order chi connectivity index (χ1) is 9.58. The third-order valence-electron chi connectivity index (χ3n) is 4.97. The van der Waals surface area contributed by atoms with Crippen molar-refractivity contribution >= 4 is 11.5 Å². The third kappa shape index (κ3) is 2.40. The zero-order valence-electron chi connectivity index (χ0n) is 11.8. The van der Waals surface area contributed by atoms with E-state index in [1.54, 1.807) is 0 Å². The van der Waals surface area contributed by atoms with Crippen LogP contribution in [0.1, 0.15) is 37.7 Å². The summed E-state index contributed by atoms with van der Waals surface area (Å²) in [6.07, 6.45) is 5.38. The number of fused-ring (bicyclic) bond motifs is 1. The molecule has 1 saturated carbocycles. The predicted octanol–water partition coefficient (Wildman–Crippen LogP) is 2.10. The normalized spacial score (nSPS) is 29.9. The molecule has 1 aliphatic carbocycles. The van der Waals surface area contributed by atoms with E-state index in [1.165, 1.54) is 18.5 Å². The zero-order chi connectivity index (χ0) is 14.2. The van der Waals surface area contributed by atoms with Gasteiger partial charge in [-0.15, -0.1) is 0 Å². The first kappa shape index (κ1) is 13.4. The summed E-state index contributed by atoms with van der Waals surface area (Å²) in [7, 11) is 0. The van der Waals surface area contributed by atoms with Gasteiger partial charge in [0.2, 0.25) is 0 Å². The van der Waals surface area contributed by atoms with Gasteiger partial charge in [-0.05, 0) is 43.5 Å². The molecule has 2 fully saturated rings. The van der Waals surface area contributed by atoms with Gasteiger partial charge in [0.1, 0.15) is 5.84 Å². The van der Waals surface area contributed by atoms with E-state index in [-0.39, 0.29) is 5.84 Å². The van der Waals surface area contributed by atoms with Gasteiger partial charge in [0.05, 0.1) is 5.60 Å². The fourth-order valence-electron chi connectivity index (χ4n) is 3.66. The molecule has 3 rings (SSSR count). The molecule has 1 aromatic rings. The van der Waals surface area contributed by atoms with Crippen molar-refractivity contribution in [3.63, 3.8) is 0 Å². The second-order valence-corrected chi connectivity index (χ2v) is 6.20. The molecule has 2 atom stereocenters. The molecule has 108 valence electrons. The Morgan fingerprint density at radius 1 is 1.25 bits per heavy atom. The van der Waals surface area contributed by atoms with Crippen LogP contribution >= 0.6 is 0 Å². The lowest BCUT2D eigenvalue weighted by Gasteiger charge is -2.48. The maximum absolute atomic E-state index is 10.7. The molecule has 4 nitrogen and oxygen atoms in total. The molecular formula is C16H23N3O. The molecule has 4 N–H and O–H groups in total. The summed E-state index contributed by atoms with van der Waals surface area (Å²) in [6.45, 7) is 1.85. The summed E-state index contributed by atoms with van der Waals surface area (Å²) >= 11 is 0. The summed E-state index contributed by atoms with van der Waals surface area (Å²) < 4.78 is 0. The number of nitrogen functional groups attached to an aromatic ring is 1. The quantitative estimate of drug-likeness (QED) is 0.570. The molecule has 0 aromatic heterocycles. The minimum atomic E-state index is -0.423. The Morgan fingerprint density at radius 2 is 2.00 bits per heavy atom. The first-order valence-corrected chi connectivity index (χ1v) is 7.50. The number of hydrogen-bond acceptors (Lipinski definition) is 3. The summed E-state index contributed by atoms with van der Waals surface area (Å²) in [5, 5.41) is 18.1. The highest BCUT2D eigenvalue weighted by Crippen LogP contribution is 2.40. The fourth-order valence-corrected chi connectivity index (χ4v) is 3.66. The monoisotopic (exact) mass is 273 g/mol.